The van der Waals surface area contributed by atoms with Gasteiger partial charge in [0.15, 0.2) is 0 Å². The highest BCUT2D eigenvalue weighted by Crippen LogP contribution is 2.26. The Bertz CT molecular complexity index is 1480. The lowest BCUT2D eigenvalue weighted by Gasteiger charge is -2.07. The first-order valence-electron chi connectivity index (χ1n) is 9.58. The molecule has 2 aromatic heterocycles. The van der Waals surface area contributed by atoms with E-state index in [-0.39, 0.29) is 5.56 Å². The van der Waals surface area contributed by atoms with E-state index in [9.17, 15) is 9.59 Å². The highest BCUT2D eigenvalue weighted by atomic mass is 16.6. The lowest BCUT2D eigenvalue weighted by molar-refractivity contribution is 0.202. The van der Waals surface area contributed by atoms with Gasteiger partial charge in [0.25, 0.3) is 5.56 Å². The van der Waals surface area contributed by atoms with Gasteiger partial charge in [0.1, 0.15) is 11.5 Å². The third-order valence-corrected chi connectivity index (χ3v) is 5.09. The second-order valence-corrected chi connectivity index (χ2v) is 7.00. The zero-order valence-corrected chi connectivity index (χ0v) is 16.5. The third kappa shape index (κ3) is 3.42. The third-order valence-electron chi connectivity index (χ3n) is 5.09. The number of aromatic nitrogens is 3. The van der Waals surface area contributed by atoms with Crippen molar-refractivity contribution in [2.24, 2.45) is 0 Å². The van der Waals surface area contributed by atoms with Crippen LogP contribution in [0.1, 0.15) is 0 Å². The number of hydrogen-bond acceptors (Lipinski definition) is 5. The van der Waals surface area contributed by atoms with Gasteiger partial charge in [-0.1, -0.05) is 18.2 Å². The lowest BCUT2D eigenvalue weighted by atomic mass is 10.1. The van der Waals surface area contributed by atoms with E-state index in [1.807, 2.05) is 36.4 Å². The van der Waals surface area contributed by atoms with Crippen molar-refractivity contribution in [1.82, 2.24) is 14.8 Å². The Balaban J connectivity index is 1.40. The highest BCUT2D eigenvalue weighted by molar-refractivity contribution is 5.93. The Morgan fingerprint density at radius 1 is 0.903 bits per heavy atom. The van der Waals surface area contributed by atoms with E-state index in [0.717, 1.165) is 27.5 Å². The number of carbonyl (C=O) groups is 1. The largest absolute Gasteiger partial charge is 0.497 e. The molecular formula is C24H17N3O4. The molecule has 0 amide bonds. The average Bonchev–Trinajstić information content (AvgIpc) is 3.24. The molecule has 5 aromatic rings. The van der Waals surface area contributed by atoms with Gasteiger partial charge in [0.05, 0.1) is 18.2 Å². The van der Waals surface area contributed by atoms with E-state index in [0.29, 0.717) is 16.8 Å². The number of ether oxygens (including phenoxy) is 2. The molecule has 31 heavy (non-hydrogen) atoms. The van der Waals surface area contributed by atoms with Crippen LogP contribution in [-0.2, 0) is 0 Å². The number of carbonyl (C=O) groups excluding carboxylic acids is 1. The van der Waals surface area contributed by atoms with Crippen LogP contribution in [0.15, 0.2) is 83.9 Å². The van der Waals surface area contributed by atoms with Crippen LogP contribution < -0.4 is 15.0 Å². The van der Waals surface area contributed by atoms with Crippen molar-refractivity contribution in [2.45, 2.75) is 0 Å². The highest BCUT2D eigenvalue weighted by Gasteiger charge is 2.12. The summed E-state index contributed by atoms with van der Waals surface area (Å²) in [5, 5.41) is 9.83. The predicted octanol–water partition coefficient (Wildman–Crippen LogP) is 4.60. The van der Waals surface area contributed by atoms with E-state index in [4.69, 9.17) is 9.47 Å². The minimum atomic E-state index is -0.518. The smallest absolute Gasteiger partial charge is 0.423 e. The summed E-state index contributed by atoms with van der Waals surface area (Å²) in [7, 11) is 1.60. The zero-order chi connectivity index (χ0) is 21.4. The Morgan fingerprint density at radius 2 is 1.61 bits per heavy atom. The summed E-state index contributed by atoms with van der Waals surface area (Å²) in [5.74, 6) is 1.12. The number of hydrogen-bond donors (Lipinski definition) is 1. The molecule has 0 saturated carbocycles. The minimum absolute atomic E-state index is 0.235. The topological polar surface area (TPSA) is 86.2 Å². The molecule has 0 aliphatic carbocycles. The summed E-state index contributed by atoms with van der Waals surface area (Å²) in [4.78, 5) is 24.6. The average molecular weight is 411 g/mol. The quantitative estimate of drug-likeness (QED) is 0.469. The molecule has 0 spiro atoms. The van der Waals surface area contributed by atoms with Crippen molar-refractivity contribution in [3.8, 4) is 22.8 Å². The monoisotopic (exact) mass is 411 g/mol. The second kappa shape index (κ2) is 7.46. The molecule has 0 atom stereocenters. The molecular weight excluding hydrogens is 394 g/mol. The fourth-order valence-corrected chi connectivity index (χ4v) is 3.52. The summed E-state index contributed by atoms with van der Waals surface area (Å²) in [6.45, 7) is 0. The van der Waals surface area contributed by atoms with E-state index < -0.39 is 6.09 Å². The fourth-order valence-electron chi connectivity index (χ4n) is 3.52. The molecule has 0 aliphatic heterocycles. The van der Waals surface area contributed by atoms with Gasteiger partial charge < -0.3 is 9.47 Å². The van der Waals surface area contributed by atoms with Crippen molar-refractivity contribution in [2.75, 3.05) is 7.11 Å². The maximum Gasteiger partial charge on any atom is 0.423 e. The normalized spacial score (nSPS) is 11.0. The van der Waals surface area contributed by atoms with Crippen LogP contribution >= 0.6 is 0 Å². The molecule has 0 aliphatic rings. The van der Waals surface area contributed by atoms with Gasteiger partial charge in [-0.05, 0) is 48.5 Å². The zero-order valence-electron chi connectivity index (χ0n) is 16.5. The molecule has 7 heteroatoms. The van der Waals surface area contributed by atoms with Crippen molar-refractivity contribution < 1.29 is 14.3 Å². The van der Waals surface area contributed by atoms with Gasteiger partial charge in [0, 0.05) is 34.1 Å². The van der Waals surface area contributed by atoms with Gasteiger partial charge in [-0.25, -0.2) is 9.89 Å². The Hall–Kier alpha value is -4.39. The van der Waals surface area contributed by atoms with Crippen molar-refractivity contribution in [3.63, 3.8) is 0 Å². The van der Waals surface area contributed by atoms with E-state index >= 15 is 0 Å². The van der Waals surface area contributed by atoms with E-state index in [2.05, 4.69) is 10.2 Å². The number of aromatic amines is 1. The van der Waals surface area contributed by atoms with E-state index in [1.165, 1.54) is 4.57 Å². The predicted molar refractivity (Wildman–Crippen MR) is 118 cm³/mol. The summed E-state index contributed by atoms with van der Waals surface area (Å²) >= 11 is 0. The maximum absolute atomic E-state index is 12.6. The summed E-state index contributed by atoms with van der Waals surface area (Å²) in [5.41, 5.74) is 1.21. The maximum atomic E-state index is 12.6. The molecule has 5 rings (SSSR count). The molecule has 1 N–H and O–H groups in total. The summed E-state index contributed by atoms with van der Waals surface area (Å²) < 4.78 is 12.1. The van der Waals surface area contributed by atoms with Gasteiger partial charge in [-0.15, -0.1) is 0 Å². The molecule has 0 radical (unpaired) electrons. The van der Waals surface area contributed by atoms with Crippen LogP contribution in [0.4, 0.5) is 4.79 Å². The number of H-pyrrole nitrogens is 1. The van der Waals surface area contributed by atoms with Crippen LogP contribution in [-0.4, -0.2) is 28.0 Å². The Morgan fingerprint density at radius 3 is 2.39 bits per heavy atom. The second-order valence-electron chi connectivity index (χ2n) is 7.00. The van der Waals surface area contributed by atoms with Crippen molar-refractivity contribution >= 4 is 27.6 Å². The van der Waals surface area contributed by atoms with Gasteiger partial charge in [0.2, 0.25) is 0 Å². The number of nitrogens with zero attached hydrogens (tertiary/aromatic N) is 2. The van der Waals surface area contributed by atoms with Crippen LogP contribution in [0.2, 0.25) is 0 Å². The van der Waals surface area contributed by atoms with Crippen molar-refractivity contribution in [1.29, 1.82) is 0 Å². The molecule has 3 aromatic carbocycles. The Labute approximate surface area is 176 Å². The standard InChI is InChI=1S/C24H17N3O4/c1-30-19-11-8-16-13-27(14-17(16)12-19)24(29)31-18-9-6-15(7-10-18)22-20-4-2-3-5-21(20)23(28)26-25-22/h2-14H,1H3,(H,26,28). The first-order chi connectivity index (χ1) is 15.1. The molecule has 0 unspecified atom stereocenters. The molecule has 0 saturated heterocycles. The van der Waals surface area contributed by atoms with Crippen LogP contribution in [0.3, 0.4) is 0 Å². The fraction of sp³-hybridized carbons (Fsp3) is 0.0417. The Kier molecular flexibility index (Phi) is 4.48. The first kappa shape index (κ1) is 18.6. The van der Waals surface area contributed by atoms with E-state index in [1.54, 1.807) is 49.8 Å². The SMILES string of the molecule is COc1ccc2cn(C(=O)Oc3ccc(-c4n[nH]c(=O)c5ccccc45)cc3)cc2c1. The van der Waals surface area contributed by atoms with Gasteiger partial charge in [-0.3, -0.25) is 9.36 Å². The van der Waals surface area contributed by atoms with Crippen molar-refractivity contribution in [3.05, 3.63) is 89.5 Å². The molecule has 0 bridgehead atoms. The minimum Gasteiger partial charge on any atom is -0.497 e. The number of methoxy groups -OCH3 is 1. The number of nitrogens with one attached hydrogen (secondary N) is 1. The molecule has 2 heterocycles. The van der Waals surface area contributed by atoms with Gasteiger partial charge >= 0.3 is 6.09 Å². The summed E-state index contributed by atoms with van der Waals surface area (Å²) in [6.07, 6.45) is 2.89. The molecule has 152 valence electrons. The number of rotatable bonds is 3. The molecule has 7 nitrogen and oxygen atoms in total. The molecule has 0 fully saturated rings. The number of fused-ring (bicyclic) bond motifs is 2. The first-order valence-corrected chi connectivity index (χ1v) is 9.58. The van der Waals surface area contributed by atoms with Crippen LogP contribution in [0.5, 0.6) is 11.5 Å². The van der Waals surface area contributed by atoms with Crippen LogP contribution in [0.25, 0.3) is 32.8 Å². The lowest BCUT2D eigenvalue weighted by Crippen LogP contribution is -2.14. The van der Waals surface area contributed by atoms with Crippen LogP contribution in [0, 0.1) is 0 Å². The number of benzene rings is 3. The summed E-state index contributed by atoms with van der Waals surface area (Å²) in [6, 6.07) is 19.8. The van der Waals surface area contributed by atoms with Gasteiger partial charge in [-0.2, -0.15) is 5.10 Å².